The molecule has 0 unspecified atom stereocenters. The highest BCUT2D eigenvalue weighted by Gasteiger charge is 2.24. The minimum atomic E-state index is -0.780. The van der Waals surface area contributed by atoms with Crippen molar-refractivity contribution in [1.29, 1.82) is 0 Å². The zero-order valence-electron chi connectivity index (χ0n) is 11.8. The fourth-order valence-corrected chi connectivity index (χ4v) is 2.34. The summed E-state index contributed by atoms with van der Waals surface area (Å²) < 4.78 is 2.11. The Balaban J connectivity index is 2.45. The molecule has 0 atom stereocenters. The molecule has 0 fully saturated rings. The maximum atomic E-state index is 10.9. The molecule has 1 heterocycles. The van der Waals surface area contributed by atoms with Crippen molar-refractivity contribution in [2.45, 2.75) is 45.6 Å². The number of carboxylic acids is 1. The molecule has 102 valence electrons. The fourth-order valence-electron chi connectivity index (χ4n) is 2.34. The van der Waals surface area contributed by atoms with E-state index in [-0.39, 0.29) is 11.8 Å². The second-order valence-electron chi connectivity index (χ2n) is 5.90. The lowest BCUT2D eigenvalue weighted by Crippen LogP contribution is -2.21. The number of carbonyl (C=O) groups is 1. The minimum absolute atomic E-state index is 0.114. The summed E-state index contributed by atoms with van der Waals surface area (Å²) in [6, 6.07) is 6.40. The van der Waals surface area contributed by atoms with Crippen LogP contribution in [0.1, 0.15) is 45.7 Å². The smallest absolute Gasteiger partial charge is 0.304 e. The lowest BCUT2D eigenvalue weighted by molar-refractivity contribution is -0.138. The van der Waals surface area contributed by atoms with Crippen LogP contribution in [0.15, 0.2) is 24.5 Å². The van der Waals surface area contributed by atoms with E-state index in [2.05, 4.69) is 23.4 Å². The standard InChI is InChI=1S/C15H20N2O2/c1-10(2)17-9-16-12-7-11(5-6-13(12)17)15(3,4)8-14(18)19/h5-7,9-10H,8H2,1-4H3,(H,18,19). The molecule has 0 aliphatic heterocycles. The summed E-state index contributed by atoms with van der Waals surface area (Å²) >= 11 is 0. The summed E-state index contributed by atoms with van der Waals surface area (Å²) in [7, 11) is 0. The van der Waals surface area contributed by atoms with Gasteiger partial charge >= 0.3 is 5.97 Å². The number of aliphatic carboxylic acids is 1. The van der Waals surface area contributed by atoms with Gasteiger partial charge < -0.3 is 9.67 Å². The number of imidazole rings is 1. The van der Waals surface area contributed by atoms with Crippen molar-refractivity contribution in [3.8, 4) is 0 Å². The van der Waals surface area contributed by atoms with E-state index < -0.39 is 5.97 Å². The Bertz CT molecular complexity index is 612. The van der Waals surface area contributed by atoms with Crippen LogP contribution in [0.4, 0.5) is 0 Å². The molecule has 19 heavy (non-hydrogen) atoms. The molecule has 2 aromatic rings. The zero-order valence-corrected chi connectivity index (χ0v) is 11.8. The van der Waals surface area contributed by atoms with Crippen LogP contribution in [0.5, 0.6) is 0 Å². The van der Waals surface area contributed by atoms with Gasteiger partial charge in [0.1, 0.15) is 0 Å². The monoisotopic (exact) mass is 260 g/mol. The van der Waals surface area contributed by atoms with Crippen molar-refractivity contribution in [3.05, 3.63) is 30.1 Å². The largest absolute Gasteiger partial charge is 0.481 e. The van der Waals surface area contributed by atoms with E-state index in [0.29, 0.717) is 6.04 Å². The van der Waals surface area contributed by atoms with Gasteiger partial charge in [0.2, 0.25) is 0 Å². The van der Waals surface area contributed by atoms with E-state index in [4.69, 9.17) is 5.11 Å². The second kappa shape index (κ2) is 4.68. The topological polar surface area (TPSA) is 55.1 Å². The van der Waals surface area contributed by atoms with Crippen LogP contribution < -0.4 is 0 Å². The maximum absolute atomic E-state index is 10.9. The Morgan fingerprint density at radius 3 is 2.68 bits per heavy atom. The van der Waals surface area contributed by atoms with Crippen molar-refractivity contribution in [3.63, 3.8) is 0 Å². The first kappa shape index (κ1) is 13.6. The van der Waals surface area contributed by atoms with E-state index in [1.165, 1.54) is 0 Å². The van der Waals surface area contributed by atoms with Crippen LogP contribution in [0, 0.1) is 0 Å². The molecule has 0 aliphatic carbocycles. The third-order valence-corrected chi connectivity index (χ3v) is 3.51. The van der Waals surface area contributed by atoms with E-state index in [9.17, 15) is 4.79 Å². The second-order valence-corrected chi connectivity index (χ2v) is 5.90. The first-order valence-corrected chi connectivity index (χ1v) is 6.50. The summed E-state index contributed by atoms with van der Waals surface area (Å²) in [5.74, 6) is -0.780. The van der Waals surface area contributed by atoms with Gasteiger partial charge in [-0.3, -0.25) is 4.79 Å². The molecule has 4 nitrogen and oxygen atoms in total. The van der Waals surface area contributed by atoms with Gasteiger partial charge in [-0.15, -0.1) is 0 Å². The highest BCUT2D eigenvalue weighted by Crippen LogP contribution is 2.29. The summed E-state index contributed by atoms with van der Waals surface area (Å²) in [5, 5.41) is 8.98. The van der Waals surface area contributed by atoms with Crippen molar-refractivity contribution in [1.82, 2.24) is 9.55 Å². The Labute approximate surface area is 113 Å². The number of nitrogens with zero attached hydrogens (tertiary/aromatic N) is 2. The summed E-state index contributed by atoms with van der Waals surface area (Å²) in [6.07, 6.45) is 1.95. The highest BCUT2D eigenvalue weighted by atomic mass is 16.4. The van der Waals surface area contributed by atoms with E-state index in [0.717, 1.165) is 16.6 Å². The van der Waals surface area contributed by atoms with Gasteiger partial charge in [0, 0.05) is 11.5 Å². The lowest BCUT2D eigenvalue weighted by Gasteiger charge is -2.23. The van der Waals surface area contributed by atoms with E-state index >= 15 is 0 Å². The van der Waals surface area contributed by atoms with Crippen molar-refractivity contribution in [2.75, 3.05) is 0 Å². The van der Waals surface area contributed by atoms with Gasteiger partial charge in [-0.05, 0) is 31.5 Å². The number of rotatable bonds is 4. The molecule has 2 rings (SSSR count). The fraction of sp³-hybridized carbons (Fsp3) is 0.467. The molecular weight excluding hydrogens is 240 g/mol. The van der Waals surface area contributed by atoms with Gasteiger partial charge in [-0.25, -0.2) is 4.98 Å². The molecule has 0 bridgehead atoms. The van der Waals surface area contributed by atoms with E-state index in [1.807, 2.05) is 38.4 Å². The summed E-state index contributed by atoms with van der Waals surface area (Å²) in [5.41, 5.74) is 2.63. The zero-order chi connectivity index (χ0) is 14.2. The number of carboxylic acid groups (broad SMARTS) is 1. The molecule has 1 aromatic heterocycles. The van der Waals surface area contributed by atoms with Gasteiger partial charge in [-0.1, -0.05) is 19.9 Å². The number of hydrogen-bond acceptors (Lipinski definition) is 2. The van der Waals surface area contributed by atoms with Crippen LogP contribution in [-0.2, 0) is 10.2 Å². The van der Waals surface area contributed by atoms with Crippen LogP contribution >= 0.6 is 0 Å². The van der Waals surface area contributed by atoms with Crippen LogP contribution in [0.3, 0.4) is 0 Å². The van der Waals surface area contributed by atoms with Crippen LogP contribution in [-0.4, -0.2) is 20.6 Å². The molecular formula is C15H20N2O2. The number of hydrogen-bond donors (Lipinski definition) is 1. The molecule has 0 radical (unpaired) electrons. The third-order valence-electron chi connectivity index (χ3n) is 3.51. The Kier molecular flexibility index (Phi) is 3.35. The maximum Gasteiger partial charge on any atom is 0.304 e. The minimum Gasteiger partial charge on any atom is -0.481 e. The molecule has 0 spiro atoms. The van der Waals surface area contributed by atoms with Gasteiger partial charge in [0.05, 0.1) is 23.8 Å². The Morgan fingerprint density at radius 1 is 1.42 bits per heavy atom. The molecule has 0 saturated heterocycles. The first-order chi connectivity index (χ1) is 8.81. The molecule has 4 heteroatoms. The van der Waals surface area contributed by atoms with E-state index in [1.54, 1.807) is 0 Å². The average molecular weight is 260 g/mol. The van der Waals surface area contributed by atoms with Crippen LogP contribution in [0.2, 0.25) is 0 Å². The summed E-state index contributed by atoms with van der Waals surface area (Å²) in [4.78, 5) is 15.3. The SMILES string of the molecule is CC(C)n1cnc2cc(C(C)(C)CC(=O)O)ccc21. The molecule has 0 aliphatic rings. The van der Waals surface area contributed by atoms with Crippen molar-refractivity contribution < 1.29 is 9.90 Å². The number of benzene rings is 1. The molecule has 0 saturated carbocycles. The molecule has 0 amide bonds. The van der Waals surface area contributed by atoms with Gasteiger partial charge in [-0.2, -0.15) is 0 Å². The van der Waals surface area contributed by atoms with Crippen LogP contribution in [0.25, 0.3) is 11.0 Å². The Morgan fingerprint density at radius 2 is 2.11 bits per heavy atom. The predicted molar refractivity (Wildman–Crippen MR) is 75.4 cm³/mol. The third kappa shape index (κ3) is 2.62. The average Bonchev–Trinajstić information content (AvgIpc) is 2.69. The molecule has 1 N–H and O–H groups in total. The first-order valence-electron chi connectivity index (χ1n) is 6.50. The quantitative estimate of drug-likeness (QED) is 0.917. The van der Waals surface area contributed by atoms with Gasteiger partial charge in [0.15, 0.2) is 0 Å². The summed E-state index contributed by atoms with van der Waals surface area (Å²) in [6.45, 7) is 8.12. The lowest BCUT2D eigenvalue weighted by atomic mass is 9.81. The highest BCUT2D eigenvalue weighted by molar-refractivity contribution is 5.77. The normalized spacial score (nSPS) is 12.3. The van der Waals surface area contributed by atoms with Crippen molar-refractivity contribution >= 4 is 17.0 Å². The Hall–Kier alpha value is -1.84. The molecule has 1 aromatic carbocycles. The number of fused-ring (bicyclic) bond motifs is 1. The van der Waals surface area contributed by atoms with Crippen molar-refractivity contribution in [2.24, 2.45) is 0 Å². The van der Waals surface area contributed by atoms with Gasteiger partial charge in [0.25, 0.3) is 0 Å². The number of aromatic nitrogens is 2. The predicted octanol–water partition coefficient (Wildman–Crippen LogP) is 3.37.